The maximum atomic E-state index is 12.9. The zero-order valence-electron chi connectivity index (χ0n) is 15.8. The number of carbonyl (C=O) groups excluding carboxylic acids is 1. The monoisotopic (exact) mass is 390 g/mol. The molecule has 0 bridgehead atoms. The lowest BCUT2D eigenvalue weighted by Crippen LogP contribution is -2.49. The first-order valence-electron chi connectivity index (χ1n) is 9.25. The highest BCUT2D eigenvalue weighted by molar-refractivity contribution is 7.89. The summed E-state index contributed by atoms with van der Waals surface area (Å²) in [5.74, 6) is 0.935. The number of hydrogen-bond donors (Lipinski definition) is 0. The highest BCUT2D eigenvalue weighted by Gasteiger charge is 2.28. The second-order valence-corrected chi connectivity index (χ2v) is 8.66. The summed E-state index contributed by atoms with van der Waals surface area (Å²) in [4.78, 5) is 18.3. The van der Waals surface area contributed by atoms with Gasteiger partial charge in [0.2, 0.25) is 10.0 Å². The van der Waals surface area contributed by atoms with Crippen LogP contribution >= 0.6 is 0 Å². The van der Waals surface area contributed by atoms with E-state index in [1.54, 1.807) is 18.2 Å². The minimum Gasteiger partial charge on any atom is -0.334 e. The van der Waals surface area contributed by atoms with Gasteiger partial charge in [-0.25, -0.2) is 13.4 Å². The molecule has 0 atom stereocenters. The first kappa shape index (κ1) is 19.7. The number of benzene rings is 1. The fourth-order valence-electron chi connectivity index (χ4n) is 3.33. The first-order chi connectivity index (χ1) is 12.9. The molecular formula is C19H26N4O3S. The number of rotatable bonds is 7. The number of nitrogens with zero attached hydrogens (tertiary/aromatic N) is 4. The molecule has 1 aliphatic heterocycles. The zero-order chi connectivity index (χ0) is 19.4. The van der Waals surface area contributed by atoms with E-state index >= 15 is 0 Å². The van der Waals surface area contributed by atoms with Gasteiger partial charge < -0.3 is 4.57 Å². The molecule has 0 unspecified atom stereocenters. The van der Waals surface area contributed by atoms with Gasteiger partial charge >= 0.3 is 0 Å². The van der Waals surface area contributed by atoms with Gasteiger partial charge in [-0.15, -0.1) is 0 Å². The second-order valence-electron chi connectivity index (χ2n) is 6.72. The minimum atomic E-state index is -3.57. The SMILES string of the molecule is CCc1nccn1CCN1CCN(S(=O)(=O)c2cccc(C(C)=O)c2)CC1. The van der Waals surface area contributed by atoms with Crippen molar-refractivity contribution < 1.29 is 13.2 Å². The van der Waals surface area contributed by atoms with Crippen molar-refractivity contribution in [2.45, 2.75) is 31.7 Å². The van der Waals surface area contributed by atoms with Gasteiger partial charge in [0.05, 0.1) is 4.90 Å². The minimum absolute atomic E-state index is 0.136. The van der Waals surface area contributed by atoms with Crippen molar-refractivity contribution in [3.8, 4) is 0 Å². The molecule has 0 aliphatic carbocycles. The summed E-state index contributed by atoms with van der Waals surface area (Å²) in [7, 11) is -3.57. The van der Waals surface area contributed by atoms with Crippen LogP contribution in [-0.4, -0.2) is 65.7 Å². The maximum Gasteiger partial charge on any atom is 0.243 e. The summed E-state index contributed by atoms with van der Waals surface area (Å²) in [6.45, 7) is 7.56. The molecule has 0 N–H and O–H groups in total. The highest BCUT2D eigenvalue weighted by Crippen LogP contribution is 2.19. The van der Waals surface area contributed by atoms with Crippen molar-refractivity contribution in [2.75, 3.05) is 32.7 Å². The summed E-state index contributed by atoms with van der Waals surface area (Å²) in [5.41, 5.74) is 0.418. The van der Waals surface area contributed by atoms with Crippen LogP contribution in [0.1, 0.15) is 30.0 Å². The molecule has 1 aromatic heterocycles. The Morgan fingerprint density at radius 1 is 1.15 bits per heavy atom. The van der Waals surface area contributed by atoms with Crippen molar-refractivity contribution in [2.24, 2.45) is 0 Å². The van der Waals surface area contributed by atoms with Gasteiger partial charge in [-0.2, -0.15) is 4.31 Å². The molecule has 146 valence electrons. The number of ketones is 1. The van der Waals surface area contributed by atoms with Crippen LogP contribution in [0.15, 0.2) is 41.6 Å². The third-order valence-electron chi connectivity index (χ3n) is 4.98. The second kappa shape index (κ2) is 8.33. The van der Waals surface area contributed by atoms with E-state index in [1.165, 1.54) is 17.3 Å². The Hall–Kier alpha value is -2.03. The van der Waals surface area contributed by atoms with E-state index in [-0.39, 0.29) is 10.7 Å². The molecule has 27 heavy (non-hydrogen) atoms. The highest BCUT2D eigenvalue weighted by atomic mass is 32.2. The van der Waals surface area contributed by atoms with Crippen molar-refractivity contribution in [3.63, 3.8) is 0 Å². The third-order valence-corrected chi connectivity index (χ3v) is 6.88. The number of sulfonamides is 1. The normalized spacial score (nSPS) is 16.5. The predicted molar refractivity (Wildman–Crippen MR) is 103 cm³/mol. The molecule has 2 aromatic rings. The molecule has 1 saturated heterocycles. The largest absolute Gasteiger partial charge is 0.334 e. The maximum absolute atomic E-state index is 12.9. The zero-order valence-corrected chi connectivity index (χ0v) is 16.7. The lowest BCUT2D eigenvalue weighted by molar-refractivity contribution is 0.101. The van der Waals surface area contributed by atoms with E-state index in [0.717, 1.165) is 25.3 Å². The van der Waals surface area contributed by atoms with Crippen LogP contribution in [0.4, 0.5) is 0 Å². The van der Waals surface area contributed by atoms with Gasteiger partial charge in [0.25, 0.3) is 0 Å². The lowest BCUT2D eigenvalue weighted by atomic mass is 10.2. The molecule has 7 nitrogen and oxygen atoms in total. The molecule has 0 spiro atoms. The van der Waals surface area contributed by atoms with E-state index < -0.39 is 10.0 Å². The Kier molecular flexibility index (Phi) is 6.08. The predicted octanol–water partition coefficient (Wildman–Crippen LogP) is 1.65. The molecule has 0 saturated carbocycles. The van der Waals surface area contributed by atoms with E-state index in [2.05, 4.69) is 21.4 Å². The summed E-state index contributed by atoms with van der Waals surface area (Å²) in [5, 5.41) is 0. The van der Waals surface area contributed by atoms with Crippen molar-refractivity contribution in [3.05, 3.63) is 48.0 Å². The summed E-state index contributed by atoms with van der Waals surface area (Å²) in [6.07, 6.45) is 4.71. The molecule has 8 heteroatoms. The number of aromatic nitrogens is 2. The molecule has 1 fully saturated rings. The van der Waals surface area contributed by atoms with Crippen LogP contribution in [0.5, 0.6) is 0 Å². The number of carbonyl (C=O) groups is 1. The Morgan fingerprint density at radius 2 is 1.89 bits per heavy atom. The molecule has 2 heterocycles. The number of hydrogen-bond acceptors (Lipinski definition) is 5. The van der Waals surface area contributed by atoms with Gasteiger partial charge in [0.1, 0.15) is 5.82 Å². The van der Waals surface area contributed by atoms with Crippen molar-refractivity contribution >= 4 is 15.8 Å². The Balaban J connectivity index is 1.59. The van der Waals surface area contributed by atoms with Crippen LogP contribution in [0, 0.1) is 0 Å². The standard InChI is InChI=1S/C19H26N4O3S/c1-3-19-20-7-8-22(19)12-9-21-10-13-23(14-11-21)27(25,26)18-6-4-5-17(15-18)16(2)24/h4-8,15H,3,9-14H2,1-2H3. The van der Waals surface area contributed by atoms with E-state index in [0.29, 0.717) is 31.7 Å². The van der Waals surface area contributed by atoms with E-state index in [4.69, 9.17) is 0 Å². The quantitative estimate of drug-likeness (QED) is 0.672. The molecule has 1 aliphatic rings. The average Bonchev–Trinajstić information content (AvgIpc) is 3.14. The number of imidazole rings is 1. The van der Waals surface area contributed by atoms with Gasteiger partial charge in [0, 0.05) is 63.6 Å². The fourth-order valence-corrected chi connectivity index (χ4v) is 4.79. The number of Topliss-reactive ketones (excluding diaryl/α,β-unsaturated/α-hetero) is 1. The Bertz CT molecular complexity index is 899. The topological polar surface area (TPSA) is 75.5 Å². The summed E-state index contributed by atoms with van der Waals surface area (Å²) in [6, 6.07) is 6.28. The third kappa shape index (κ3) is 4.45. The van der Waals surface area contributed by atoms with Gasteiger partial charge in [0.15, 0.2) is 5.78 Å². The average molecular weight is 391 g/mol. The molecule has 0 radical (unpaired) electrons. The molecular weight excluding hydrogens is 364 g/mol. The lowest BCUT2D eigenvalue weighted by Gasteiger charge is -2.34. The molecule has 1 aromatic carbocycles. The first-order valence-corrected chi connectivity index (χ1v) is 10.7. The van der Waals surface area contributed by atoms with Crippen LogP contribution in [0.25, 0.3) is 0 Å². The van der Waals surface area contributed by atoms with Crippen molar-refractivity contribution in [1.29, 1.82) is 0 Å². The van der Waals surface area contributed by atoms with Crippen LogP contribution in [-0.2, 0) is 23.0 Å². The fraction of sp³-hybridized carbons (Fsp3) is 0.474. The smallest absolute Gasteiger partial charge is 0.243 e. The number of aryl methyl sites for hydroxylation is 1. The van der Waals surface area contributed by atoms with E-state index in [1.807, 2.05) is 12.4 Å². The van der Waals surface area contributed by atoms with Gasteiger partial charge in [-0.05, 0) is 19.1 Å². The summed E-state index contributed by atoms with van der Waals surface area (Å²) < 4.78 is 29.4. The van der Waals surface area contributed by atoms with Gasteiger partial charge in [-0.3, -0.25) is 9.69 Å². The Labute approximate surface area is 160 Å². The molecule has 3 rings (SSSR count). The van der Waals surface area contributed by atoms with Crippen LogP contribution in [0.2, 0.25) is 0 Å². The van der Waals surface area contributed by atoms with Crippen molar-refractivity contribution in [1.82, 2.24) is 18.8 Å². The van der Waals surface area contributed by atoms with Gasteiger partial charge in [-0.1, -0.05) is 19.1 Å². The molecule has 0 amide bonds. The Morgan fingerprint density at radius 3 is 2.56 bits per heavy atom. The number of piperazine rings is 1. The summed E-state index contributed by atoms with van der Waals surface area (Å²) >= 11 is 0. The van der Waals surface area contributed by atoms with Crippen LogP contribution < -0.4 is 0 Å². The van der Waals surface area contributed by atoms with Crippen LogP contribution in [0.3, 0.4) is 0 Å². The van der Waals surface area contributed by atoms with E-state index in [9.17, 15) is 13.2 Å².